The number of nitrogens with zero attached hydrogens (tertiary/aromatic N) is 4. The fourth-order valence-electron chi connectivity index (χ4n) is 5.47. The Morgan fingerprint density at radius 1 is 1.05 bits per heavy atom. The minimum Gasteiger partial charge on any atom is -0.475 e. The lowest BCUT2D eigenvalue weighted by molar-refractivity contribution is -0.192. The number of anilines is 1. The van der Waals surface area contributed by atoms with E-state index in [0.29, 0.717) is 58.2 Å². The molecule has 0 bridgehead atoms. The molecule has 5 heterocycles. The highest BCUT2D eigenvalue weighted by Gasteiger charge is 2.55. The number of amides is 2. The van der Waals surface area contributed by atoms with E-state index >= 15 is 0 Å². The van der Waals surface area contributed by atoms with Crippen molar-refractivity contribution >= 4 is 23.6 Å². The van der Waals surface area contributed by atoms with Crippen LogP contribution in [0.5, 0.6) is 0 Å². The van der Waals surface area contributed by atoms with E-state index in [-0.39, 0.29) is 17.7 Å². The molecule has 2 atom stereocenters. The lowest BCUT2D eigenvalue weighted by Crippen LogP contribution is -2.53. The SMILES string of the molecule is Cc1ccc(C(=O)N2CCC[C@]3(C(=O)N4CCOCC4)CN(c4ccccn4)C[C@@H]3C2)o1.O=C(O)C(F)(F)F. The van der Waals surface area contributed by atoms with E-state index < -0.39 is 17.6 Å². The van der Waals surface area contributed by atoms with Crippen molar-refractivity contribution in [2.75, 3.05) is 57.4 Å². The summed E-state index contributed by atoms with van der Waals surface area (Å²) in [5, 5.41) is 7.12. The van der Waals surface area contributed by atoms with Gasteiger partial charge in [-0.25, -0.2) is 9.78 Å². The molecule has 1 N–H and O–H groups in total. The van der Waals surface area contributed by atoms with Gasteiger partial charge in [0.1, 0.15) is 11.6 Å². The average Bonchev–Trinajstić information content (AvgIpc) is 3.47. The number of aliphatic carboxylic acids is 1. The molecule has 0 spiro atoms. The first kappa shape index (κ1) is 28.4. The molecule has 2 amide bonds. The van der Waals surface area contributed by atoms with Crippen LogP contribution in [0.3, 0.4) is 0 Å². The van der Waals surface area contributed by atoms with Gasteiger partial charge in [-0.15, -0.1) is 0 Å². The fraction of sp³-hybridized carbons (Fsp3) is 0.538. The second-order valence-corrected chi connectivity index (χ2v) is 9.89. The third-order valence-corrected chi connectivity index (χ3v) is 7.37. The largest absolute Gasteiger partial charge is 0.490 e. The number of carbonyl (C=O) groups excluding carboxylic acids is 2. The van der Waals surface area contributed by atoms with Crippen molar-refractivity contribution in [3.05, 3.63) is 48.0 Å². The smallest absolute Gasteiger partial charge is 0.475 e. The van der Waals surface area contributed by atoms with Crippen LogP contribution in [0.15, 0.2) is 40.9 Å². The van der Waals surface area contributed by atoms with Crippen LogP contribution in [-0.2, 0) is 14.3 Å². The number of pyridine rings is 1. The number of carboxylic acids is 1. The summed E-state index contributed by atoms with van der Waals surface area (Å²) in [4.78, 5) is 46.6. The maximum atomic E-state index is 13.9. The predicted molar refractivity (Wildman–Crippen MR) is 132 cm³/mol. The first-order valence-electron chi connectivity index (χ1n) is 12.7. The van der Waals surface area contributed by atoms with Crippen LogP contribution in [0.1, 0.15) is 29.2 Å². The standard InChI is InChI=1S/C24H30N4O4.C2HF3O2/c1-18-6-7-20(32-18)22(29)27-10-4-8-24(23(30)26-11-13-31-14-12-26)17-28(16-19(24)15-27)21-5-2-3-9-25-21;3-2(4,5)1(6)7/h2-3,5-7,9,19H,4,8,10-17H2,1H3;(H,6,7)/t19-,24-;/m0./s1. The Labute approximate surface area is 223 Å². The number of halogens is 3. The Hall–Kier alpha value is -3.61. The number of hydrogen-bond acceptors (Lipinski definition) is 7. The van der Waals surface area contributed by atoms with Crippen molar-refractivity contribution in [1.29, 1.82) is 0 Å². The van der Waals surface area contributed by atoms with Crippen molar-refractivity contribution in [2.24, 2.45) is 11.3 Å². The van der Waals surface area contributed by atoms with Crippen LogP contribution in [0.25, 0.3) is 0 Å². The zero-order valence-corrected chi connectivity index (χ0v) is 21.5. The third kappa shape index (κ3) is 6.35. The molecule has 3 aliphatic rings. The summed E-state index contributed by atoms with van der Waals surface area (Å²) in [7, 11) is 0. The van der Waals surface area contributed by atoms with Gasteiger partial charge in [0.15, 0.2) is 5.76 Å². The summed E-state index contributed by atoms with van der Waals surface area (Å²) in [6.45, 7) is 6.77. The van der Waals surface area contributed by atoms with Gasteiger partial charge in [0.25, 0.3) is 5.91 Å². The van der Waals surface area contributed by atoms with Crippen molar-refractivity contribution in [1.82, 2.24) is 14.8 Å². The number of alkyl halides is 3. The number of fused-ring (bicyclic) bond motifs is 1. The zero-order chi connectivity index (χ0) is 28.2. The molecule has 5 rings (SSSR count). The number of aromatic nitrogens is 1. The highest BCUT2D eigenvalue weighted by atomic mass is 19.4. The molecule has 0 aromatic carbocycles. The van der Waals surface area contributed by atoms with Gasteiger partial charge in [-0.05, 0) is 44.0 Å². The van der Waals surface area contributed by atoms with Crippen molar-refractivity contribution in [3.63, 3.8) is 0 Å². The Kier molecular flexibility index (Phi) is 8.48. The summed E-state index contributed by atoms with van der Waals surface area (Å²) in [5.41, 5.74) is -0.525. The quantitative estimate of drug-likeness (QED) is 0.618. The number of likely N-dealkylation sites (tertiary alicyclic amines) is 1. The third-order valence-electron chi connectivity index (χ3n) is 7.37. The molecule has 13 heteroatoms. The molecule has 212 valence electrons. The molecule has 3 aliphatic heterocycles. The average molecular weight is 553 g/mol. The topological polar surface area (TPSA) is 116 Å². The number of aryl methyl sites for hydroxylation is 1. The molecule has 0 aliphatic carbocycles. The van der Waals surface area contributed by atoms with Crippen LogP contribution in [0.2, 0.25) is 0 Å². The summed E-state index contributed by atoms with van der Waals surface area (Å²) in [6.07, 6.45) is -1.75. The second-order valence-electron chi connectivity index (χ2n) is 9.89. The maximum Gasteiger partial charge on any atom is 0.490 e. The van der Waals surface area contributed by atoms with Crippen molar-refractivity contribution < 1.29 is 41.8 Å². The van der Waals surface area contributed by atoms with Gasteiger partial charge < -0.3 is 29.0 Å². The summed E-state index contributed by atoms with van der Waals surface area (Å²) in [5.74, 6) is -0.642. The van der Waals surface area contributed by atoms with Gasteiger partial charge in [-0.2, -0.15) is 13.2 Å². The molecule has 39 heavy (non-hydrogen) atoms. The number of ether oxygens (including phenoxy) is 1. The number of hydrogen-bond donors (Lipinski definition) is 1. The van der Waals surface area contributed by atoms with Crippen LogP contribution in [-0.4, -0.2) is 96.3 Å². The van der Waals surface area contributed by atoms with Crippen LogP contribution < -0.4 is 4.90 Å². The highest BCUT2D eigenvalue weighted by molar-refractivity contribution is 5.92. The summed E-state index contributed by atoms with van der Waals surface area (Å²) >= 11 is 0. The minimum atomic E-state index is -5.08. The summed E-state index contributed by atoms with van der Waals surface area (Å²) in [6, 6.07) is 9.42. The number of furan rings is 1. The molecule has 0 radical (unpaired) electrons. The predicted octanol–water partition coefficient (Wildman–Crippen LogP) is 2.83. The molecule has 3 fully saturated rings. The Balaban J connectivity index is 0.000000448. The molecule has 3 saturated heterocycles. The van der Waals surface area contributed by atoms with E-state index in [1.807, 2.05) is 41.0 Å². The lowest BCUT2D eigenvalue weighted by atomic mass is 9.73. The van der Waals surface area contributed by atoms with E-state index in [4.69, 9.17) is 19.1 Å². The molecule has 0 saturated carbocycles. The van der Waals surface area contributed by atoms with Gasteiger partial charge in [-0.1, -0.05) is 6.07 Å². The monoisotopic (exact) mass is 552 g/mol. The molecule has 10 nitrogen and oxygen atoms in total. The molecule has 2 aromatic heterocycles. The minimum absolute atomic E-state index is 0.0300. The van der Waals surface area contributed by atoms with Crippen molar-refractivity contribution in [2.45, 2.75) is 25.9 Å². The Morgan fingerprint density at radius 3 is 2.36 bits per heavy atom. The zero-order valence-electron chi connectivity index (χ0n) is 21.5. The van der Waals surface area contributed by atoms with Crippen LogP contribution in [0, 0.1) is 18.3 Å². The Morgan fingerprint density at radius 2 is 1.77 bits per heavy atom. The number of morpholine rings is 1. The molecule has 0 unspecified atom stereocenters. The van der Waals surface area contributed by atoms with E-state index in [1.165, 1.54) is 0 Å². The van der Waals surface area contributed by atoms with E-state index in [0.717, 1.165) is 24.4 Å². The van der Waals surface area contributed by atoms with Gasteiger partial charge >= 0.3 is 12.1 Å². The van der Waals surface area contributed by atoms with E-state index in [1.54, 1.807) is 12.3 Å². The number of carboxylic acid groups (broad SMARTS) is 1. The Bertz CT molecular complexity index is 1170. The van der Waals surface area contributed by atoms with E-state index in [9.17, 15) is 22.8 Å². The maximum absolute atomic E-state index is 13.9. The fourth-order valence-corrected chi connectivity index (χ4v) is 5.47. The first-order chi connectivity index (χ1) is 18.5. The van der Waals surface area contributed by atoms with E-state index in [2.05, 4.69) is 9.88 Å². The number of rotatable bonds is 3. The van der Waals surface area contributed by atoms with Gasteiger partial charge in [0, 0.05) is 51.4 Å². The van der Waals surface area contributed by atoms with Crippen LogP contribution >= 0.6 is 0 Å². The normalized spacial score (nSPS) is 23.4. The second kappa shape index (κ2) is 11.6. The number of carbonyl (C=O) groups is 3. The first-order valence-corrected chi connectivity index (χ1v) is 12.7. The van der Waals surface area contributed by atoms with Gasteiger partial charge in [-0.3, -0.25) is 9.59 Å². The van der Waals surface area contributed by atoms with Crippen LogP contribution in [0.4, 0.5) is 19.0 Å². The highest BCUT2D eigenvalue weighted by Crippen LogP contribution is 2.45. The molecular formula is C26H31F3N4O6. The molecular weight excluding hydrogens is 521 g/mol. The lowest BCUT2D eigenvalue weighted by Gasteiger charge is -2.38. The van der Waals surface area contributed by atoms with Crippen molar-refractivity contribution in [3.8, 4) is 0 Å². The van der Waals surface area contributed by atoms with Gasteiger partial charge in [0.2, 0.25) is 5.91 Å². The van der Waals surface area contributed by atoms with Gasteiger partial charge in [0.05, 0.1) is 18.6 Å². The molecule has 2 aromatic rings. The summed E-state index contributed by atoms with van der Waals surface area (Å²) < 4.78 is 42.8.